The second-order valence-electron chi connectivity index (χ2n) is 8.55. The van der Waals surface area contributed by atoms with Crippen LogP contribution in [0.4, 0.5) is 5.69 Å². The molecule has 3 aliphatic heterocycles. The number of hydrogen-bond donors (Lipinski definition) is 0. The van der Waals surface area contributed by atoms with E-state index in [1.807, 2.05) is 24.3 Å². The molecular weight excluding hydrogens is 402 g/mol. The molecule has 0 N–H and O–H groups in total. The summed E-state index contributed by atoms with van der Waals surface area (Å²) in [5.41, 5.74) is 2.99. The first kappa shape index (κ1) is 20.7. The van der Waals surface area contributed by atoms with E-state index in [9.17, 15) is 10.1 Å². The van der Waals surface area contributed by atoms with Crippen molar-refractivity contribution in [1.82, 2.24) is 14.5 Å². The largest absolute Gasteiger partial charge is 0.383 e. The van der Waals surface area contributed by atoms with Crippen LogP contribution in [0.1, 0.15) is 18.4 Å². The summed E-state index contributed by atoms with van der Waals surface area (Å²) in [6, 6.07) is 16.0. The molecule has 7 heteroatoms. The van der Waals surface area contributed by atoms with Crippen molar-refractivity contribution in [3.8, 4) is 17.5 Å². The van der Waals surface area contributed by atoms with Gasteiger partial charge >= 0.3 is 0 Å². The van der Waals surface area contributed by atoms with Crippen LogP contribution >= 0.6 is 0 Å². The predicted octanol–water partition coefficient (Wildman–Crippen LogP) is 2.87. The van der Waals surface area contributed by atoms with Crippen LogP contribution in [0.5, 0.6) is 0 Å². The lowest BCUT2D eigenvalue weighted by Gasteiger charge is -2.33. The highest BCUT2D eigenvalue weighted by molar-refractivity contribution is 5.83. The van der Waals surface area contributed by atoms with Crippen LogP contribution in [-0.4, -0.2) is 60.4 Å². The molecule has 0 amide bonds. The predicted molar refractivity (Wildman–Crippen MR) is 125 cm³/mol. The molecule has 4 heterocycles. The number of ether oxygens (including phenoxy) is 1. The van der Waals surface area contributed by atoms with Crippen molar-refractivity contribution in [2.24, 2.45) is 0 Å². The van der Waals surface area contributed by atoms with Gasteiger partial charge in [0.25, 0.3) is 5.56 Å². The van der Waals surface area contributed by atoms with Gasteiger partial charge in [-0.15, -0.1) is 0 Å². The first-order valence-corrected chi connectivity index (χ1v) is 11.2. The molecule has 2 bridgehead atoms. The van der Waals surface area contributed by atoms with E-state index in [0.717, 1.165) is 37.4 Å². The molecular formula is C25H27N5O2. The van der Waals surface area contributed by atoms with Crippen molar-refractivity contribution in [1.29, 1.82) is 5.26 Å². The molecule has 3 fully saturated rings. The second-order valence-corrected chi connectivity index (χ2v) is 8.55. The number of rotatable bonds is 5. The Labute approximate surface area is 187 Å². The third-order valence-electron chi connectivity index (χ3n) is 6.69. The molecule has 6 rings (SSSR count). The van der Waals surface area contributed by atoms with Crippen molar-refractivity contribution in [2.75, 3.05) is 44.8 Å². The van der Waals surface area contributed by atoms with Crippen LogP contribution in [-0.2, 0) is 11.3 Å². The number of nitrogens with zero attached hydrogens (tertiary/aromatic N) is 5. The van der Waals surface area contributed by atoms with Crippen LogP contribution in [0.2, 0.25) is 0 Å². The van der Waals surface area contributed by atoms with Crippen LogP contribution in [0.15, 0.2) is 47.3 Å². The molecule has 0 radical (unpaired) electrons. The first-order valence-electron chi connectivity index (χ1n) is 11.2. The highest BCUT2D eigenvalue weighted by Gasteiger charge is 2.29. The topological polar surface area (TPSA) is 74.4 Å². The molecule has 3 saturated heterocycles. The average molecular weight is 430 g/mol. The summed E-state index contributed by atoms with van der Waals surface area (Å²) in [7, 11) is 1.62. The van der Waals surface area contributed by atoms with Gasteiger partial charge in [0.15, 0.2) is 0 Å². The molecule has 0 spiro atoms. The Morgan fingerprint density at radius 1 is 1.12 bits per heavy atom. The van der Waals surface area contributed by atoms with Gasteiger partial charge in [0.1, 0.15) is 5.82 Å². The van der Waals surface area contributed by atoms with Crippen LogP contribution in [0, 0.1) is 11.3 Å². The summed E-state index contributed by atoms with van der Waals surface area (Å²) in [6.07, 6.45) is 2.34. The van der Waals surface area contributed by atoms with Crippen molar-refractivity contribution in [2.45, 2.75) is 25.4 Å². The van der Waals surface area contributed by atoms with Crippen LogP contribution < -0.4 is 10.5 Å². The number of benzene rings is 2. The maximum atomic E-state index is 13.6. The third-order valence-corrected chi connectivity index (χ3v) is 6.69. The smallest absolute Gasteiger partial charge is 0.261 e. The van der Waals surface area contributed by atoms with Gasteiger partial charge in [-0.3, -0.25) is 9.36 Å². The minimum atomic E-state index is -0.0749. The molecule has 0 saturated carbocycles. The van der Waals surface area contributed by atoms with Crippen molar-refractivity contribution in [3.63, 3.8) is 0 Å². The number of hydrogen-bond acceptors (Lipinski definition) is 6. The number of nitriles is 1. The van der Waals surface area contributed by atoms with Gasteiger partial charge < -0.3 is 14.5 Å². The highest BCUT2D eigenvalue weighted by Crippen LogP contribution is 2.29. The Balaban J connectivity index is 1.63. The molecule has 0 unspecified atom stereocenters. The van der Waals surface area contributed by atoms with Gasteiger partial charge in [-0.2, -0.15) is 5.26 Å². The number of methoxy groups -OCH3 is 1. The minimum absolute atomic E-state index is 0.0749. The van der Waals surface area contributed by atoms with Crippen LogP contribution in [0.25, 0.3) is 22.3 Å². The molecule has 1 aromatic heterocycles. The van der Waals surface area contributed by atoms with Gasteiger partial charge in [-0.25, -0.2) is 4.98 Å². The fraction of sp³-hybridized carbons (Fsp3) is 0.400. The van der Waals surface area contributed by atoms with Gasteiger partial charge in [0, 0.05) is 50.6 Å². The number of piperidine rings is 1. The zero-order valence-electron chi connectivity index (χ0n) is 18.3. The van der Waals surface area contributed by atoms with E-state index >= 15 is 0 Å². The van der Waals surface area contributed by atoms with Crippen molar-refractivity contribution < 1.29 is 4.74 Å². The number of aromatic nitrogens is 2. The first-order chi connectivity index (χ1) is 15.7. The lowest BCUT2D eigenvalue weighted by Crippen LogP contribution is -2.38. The third kappa shape index (κ3) is 3.77. The van der Waals surface area contributed by atoms with E-state index in [0.29, 0.717) is 41.5 Å². The lowest BCUT2D eigenvalue weighted by atomic mass is 10.0. The molecule has 7 nitrogen and oxygen atoms in total. The van der Waals surface area contributed by atoms with E-state index in [1.165, 1.54) is 12.8 Å². The van der Waals surface area contributed by atoms with E-state index in [1.54, 1.807) is 23.8 Å². The van der Waals surface area contributed by atoms with E-state index in [2.05, 4.69) is 21.9 Å². The summed E-state index contributed by atoms with van der Waals surface area (Å²) in [6.45, 7) is 5.17. The Hall–Kier alpha value is -3.21. The monoisotopic (exact) mass is 429 g/mol. The Kier molecular flexibility index (Phi) is 5.64. The van der Waals surface area contributed by atoms with Crippen molar-refractivity contribution >= 4 is 16.6 Å². The average Bonchev–Trinajstić information content (AvgIpc) is 3.17. The molecule has 164 valence electrons. The molecule has 0 aliphatic carbocycles. The van der Waals surface area contributed by atoms with Crippen molar-refractivity contribution in [3.05, 3.63) is 58.4 Å². The Bertz CT molecular complexity index is 1240. The summed E-state index contributed by atoms with van der Waals surface area (Å²) < 4.78 is 6.93. The van der Waals surface area contributed by atoms with Gasteiger partial charge in [0.05, 0.1) is 35.7 Å². The fourth-order valence-corrected chi connectivity index (χ4v) is 4.95. The zero-order valence-corrected chi connectivity index (χ0v) is 18.3. The van der Waals surface area contributed by atoms with Crippen LogP contribution in [0.3, 0.4) is 0 Å². The molecule has 2 aromatic carbocycles. The number of fused-ring (bicyclic) bond motifs is 5. The summed E-state index contributed by atoms with van der Waals surface area (Å²) in [5, 5.41) is 9.92. The van der Waals surface area contributed by atoms with E-state index in [-0.39, 0.29) is 5.56 Å². The molecule has 3 aromatic rings. The normalized spacial score (nSPS) is 20.3. The standard InChI is InChI=1S/C25H27N5O2/c1-32-14-13-30-24(19-4-2-3-18(15-19)17-26)27-23-6-5-21(16-22(23)25(30)31)29-12-11-28-9-7-20(29)8-10-28/h2-6,15-16,20H,7-14H2,1H3. The van der Waals surface area contributed by atoms with E-state index in [4.69, 9.17) is 9.72 Å². The summed E-state index contributed by atoms with van der Waals surface area (Å²) in [4.78, 5) is 23.5. The van der Waals surface area contributed by atoms with E-state index < -0.39 is 0 Å². The highest BCUT2D eigenvalue weighted by atomic mass is 16.5. The molecule has 0 atom stereocenters. The molecule has 3 aliphatic rings. The quantitative estimate of drug-likeness (QED) is 0.621. The van der Waals surface area contributed by atoms with Gasteiger partial charge in [0.2, 0.25) is 0 Å². The Morgan fingerprint density at radius 2 is 1.97 bits per heavy atom. The molecule has 32 heavy (non-hydrogen) atoms. The minimum Gasteiger partial charge on any atom is -0.383 e. The number of anilines is 1. The zero-order chi connectivity index (χ0) is 22.1. The Morgan fingerprint density at radius 3 is 2.75 bits per heavy atom. The second kappa shape index (κ2) is 8.73. The fourth-order valence-electron chi connectivity index (χ4n) is 4.95. The maximum Gasteiger partial charge on any atom is 0.261 e. The summed E-state index contributed by atoms with van der Waals surface area (Å²) in [5.74, 6) is 0.561. The van der Waals surface area contributed by atoms with Gasteiger partial charge in [-0.1, -0.05) is 12.1 Å². The summed E-state index contributed by atoms with van der Waals surface area (Å²) >= 11 is 0. The SMILES string of the molecule is COCCn1c(-c2cccc(C#N)c2)nc2ccc(N3CCN4CCC3CC4)cc2c1=O. The lowest BCUT2D eigenvalue weighted by molar-refractivity contribution is 0.186. The maximum absolute atomic E-state index is 13.6. The van der Waals surface area contributed by atoms with Gasteiger partial charge in [-0.05, 0) is 43.2 Å².